The first-order valence-electron chi connectivity index (χ1n) is 5.78. The van der Waals surface area contributed by atoms with Crippen molar-refractivity contribution in [1.29, 1.82) is 0 Å². The van der Waals surface area contributed by atoms with Gasteiger partial charge in [-0.15, -0.1) is 0 Å². The van der Waals surface area contributed by atoms with Gasteiger partial charge in [0, 0.05) is 18.2 Å². The molecule has 18 heavy (non-hydrogen) atoms. The largest absolute Gasteiger partial charge is 0.478 e. The SMILES string of the molecule is O=C(O)c1cn(C2CCOC2)c2cccc(Cl)c12. The van der Waals surface area contributed by atoms with Gasteiger partial charge >= 0.3 is 5.97 Å². The summed E-state index contributed by atoms with van der Waals surface area (Å²) in [4.78, 5) is 11.3. The smallest absolute Gasteiger partial charge is 0.337 e. The minimum Gasteiger partial charge on any atom is -0.478 e. The van der Waals surface area contributed by atoms with Gasteiger partial charge in [-0.1, -0.05) is 17.7 Å². The molecule has 2 aromatic rings. The Kier molecular flexibility index (Phi) is 2.76. The summed E-state index contributed by atoms with van der Waals surface area (Å²) in [6, 6.07) is 5.64. The maximum Gasteiger partial charge on any atom is 0.337 e. The van der Waals surface area contributed by atoms with Crippen molar-refractivity contribution in [2.24, 2.45) is 0 Å². The van der Waals surface area contributed by atoms with E-state index < -0.39 is 5.97 Å². The third-order valence-electron chi connectivity index (χ3n) is 3.34. The van der Waals surface area contributed by atoms with Crippen molar-refractivity contribution in [3.63, 3.8) is 0 Å². The van der Waals surface area contributed by atoms with Gasteiger partial charge in [0.05, 0.1) is 28.8 Å². The van der Waals surface area contributed by atoms with Crippen LogP contribution in [-0.4, -0.2) is 28.9 Å². The molecule has 5 heteroatoms. The van der Waals surface area contributed by atoms with Gasteiger partial charge in [0.1, 0.15) is 0 Å². The lowest BCUT2D eigenvalue weighted by Gasteiger charge is -2.11. The first-order chi connectivity index (χ1) is 8.68. The molecule has 1 unspecified atom stereocenters. The quantitative estimate of drug-likeness (QED) is 0.908. The molecule has 0 saturated carbocycles. The van der Waals surface area contributed by atoms with Crippen molar-refractivity contribution in [2.75, 3.05) is 13.2 Å². The Labute approximate surface area is 109 Å². The van der Waals surface area contributed by atoms with Gasteiger partial charge < -0.3 is 14.4 Å². The Hall–Kier alpha value is -1.52. The first kappa shape index (κ1) is 11.6. The number of carboxylic acid groups (broad SMARTS) is 1. The van der Waals surface area contributed by atoms with E-state index in [0.29, 0.717) is 23.6 Å². The summed E-state index contributed by atoms with van der Waals surface area (Å²) < 4.78 is 7.33. The summed E-state index contributed by atoms with van der Waals surface area (Å²) in [5.41, 5.74) is 1.11. The summed E-state index contributed by atoms with van der Waals surface area (Å²) in [5.74, 6) is -0.953. The number of aromatic carboxylic acids is 1. The van der Waals surface area contributed by atoms with Gasteiger partial charge in [0.2, 0.25) is 0 Å². The van der Waals surface area contributed by atoms with E-state index >= 15 is 0 Å². The molecular formula is C13H12ClNO3. The van der Waals surface area contributed by atoms with Crippen molar-refractivity contribution in [3.05, 3.63) is 35.0 Å². The first-order valence-corrected chi connectivity index (χ1v) is 6.16. The fraction of sp³-hybridized carbons (Fsp3) is 0.308. The lowest BCUT2D eigenvalue weighted by molar-refractivity contribution is 0.0698. The third-order valence-corrected chi connectivity index (χ3v) is 3.65. The molecule has 1 aromatic heterocycles. The molecule has 0 aliphatic carbocycles. The Morgan fingerprint density at radius 3 is 3.00 bits per heavy atom. The van der Waals surface area contributed by atoms with Crippen molar-refractivity contribution in [3.8, 4) is 0 Å². The molecule has 0 amide bonds. The van der Waals surface area contributed by atoms with E-state index in [9.17, 15) is 9.90 Å². The summed E-state index contributed by atoms with van der Waals surface area (Å²) in [7, 11) is 0. The highest BCUT2D eigenvalue weighted by atomic mass is 35.5. The van der Waals surface area contributed by atoms with Gasteiger partial charge in [0.25, 0.3) is 0 Å². The van der Waals surface area contributed by atoms with Crippen LogP contribution in [0.3, 0.4) is 0 Å². The fourth-order valence-corrected chi connectivity index (χ4v) is 2.74. The highest BCUT2D eigenvalue weighted by molar-refractivity contribution is 6.36. The molecule has 0 radical (unpaired) electrons. The van der Waals surface area contributed by atoms with E-state index in [1.807, 2.05) is 16.7 Å². The van der Waals surface area contributed by atoms with Gasteiger partial charge in [0.15, 0.2) is 0 Å². The molecule has 1 aliphatic rings. The Morgan fingerprint density at radius 2 is 2.33 bits per heavy atom. The molecule has 2 heterocycles. The Balaban J connectivity index is 2.26. The topological polar surface area (TPSA) is 51.5 Å². The number of aromatic nitrogens is 1. The molecule has 0 bridgehead atoms. The number of benzene rings is 1. The second kappa shape index (κ2) is 4.30. The van der Waals surface area contributed by atoms with Crippen LogP contribution in [-0.2, 0) is 4.74 Å². The normalized spacial score (nSPS) is 19.5. The van der Waals surface area contributed by atoms with Crippen molar-refractivity contribution < 1.29 is 14.6 Å². The summed E-state index contributed by atoms with van der Waals surface area (Å²) in [5, 5.41) is 10.3. The number of halogens is 1. The summed E-state index contributed by atoms with van der Waals surface area (Å²) in [6.45, 7) is 1.34. The van der Waals surface area contributed by atoms with Gasteiger partial charge in [-0.25, -0.2) is 4.79 Å². The number of ether oxygens (including phenoxy) is 1. The number of fused-ring (bicyclic) bond motifs is 1. The van der Waals surface area contributed by atoms with Gasteiger partial charge in [-0.05, 0) is 18.6 Å². The number of carboxylic acids is 1. The standard InChI is InChI=1S/C13H12ClNO3/c14-10-2-1-3-11-12(10)9(13(16)17)6-15(11)8-4-5-18-7-8/h1-3,6,8H,4-5,7H2,(H,16,17). The number of hydrogen-bond donors (Lipinski definition) is 1. The van der Waals surface area contributed by atoms with E-state index in [0.717, 1.165) is 11.9 Å². The van der Waals surface area contributed by atoms with Crippen LogP contribution in [0.2, 0.25) is 5.02 Å². The van der Waals surface area contributed by atoms with E-state index in [-0.39, 0.29) is 11.6 Å². The third kappa shape index (κ3) is 1.69. The molecule has 3 rings (SSSR count). The molecule has 1 saturated heterocycles. The summed E-state index contributed by atoms with van der Waals surface area (Å²) >= 11 is 6.12. The van der Waals surface area contributed by atoms with E-state index in [1.54, 1.807) is 12.3 Å². The molecule has 0 spiro atoms. The van der Waals surface area contributed by atoms with Crippen LogP contribution < -0.4 is 0 Å². The van der Waals surface area contributed by atoms with Crippen molar-refractivity contribution in [2.45, 2.75) is 12.5 Å². The Morgan fingerprint density at radius 1 is 1.50 bits per heavy atom. The average molecular weight is 266 g/mol. The summed E-state index contributed by atoms with van der Waals surface area (Å²) in [6.07, 6.45) is 2.56. The molecule has 4 nitrogen and oxygen atoms in total. The average Bonchev–Trinajstić information content (AvgIpc) is 2.95. The molecular weight excluding hydrogens is 254 g/mol. The lowest BCUT2D eigenvalue weighted by atomic mass is 10.2. The second-order valence-corrected chi connectivity index (χ2v) is 4.81. The van der Waals surface area contributed by atoms with Crippen molar-refractivity contribution >= 4 is 28.5 Å². The van der Waals surface area contributed by atoms with Crippen LogP contribution >= 0.6 is 11.6 Å². The van der Waals surface area contributed by atoms with Crippen LogP contribution in [0.1, 0.15) is 22.8 Å². The van der Waals surface area contributed by atoms with E-state index in [2.05, 4.69) is 0 Å². The van der Waals surface area contributed by atoms with E-state index in [4.69, 9.17) is 16.3 Å². The highest BCUT2D eigenvalue weighted by Gasteiger charge is 2.23. The fourth-order valence-electron chi connectivity index (χ4n) is 2.47. The van der Waals surface area contributed by atoms with Gasteiger partial charge in [-0.3, -0.25) is 0 Å². The predicted molar refractivity (Wildman–Crippen MR) is 68.4 cm³/mol. The second-order valence-electron chi connectivity index (χ2n) is 4.41. The lowest BCUT2D eigenvalue weighted by Crippen LogP contribution is -2.07. The number of nitrogens with zero attached hydrogens (tertiary/aromatic N) is 1. The highest BCUT2D eigenvalue weighted by Crippen LogP contribution is 2.32. The van der Waals surface area contributed by atoms with Crippen LogP contribution in [0, 0.1) is 0 Å². The van der Waals surface area contributed by atoms with Crippen LogP contribution in [0.5, 0.6) is 0 Å². The molecule has 1 N–H and O–H groups in total. The zero-order valence-electron chi connectivity index (χ0n) is 9.60. The van der Waals surface area contributed by atoms with Crippen LogP contribution in [0.25, 0.3) is 10.9 Å². The zero-order chi connectivity index (χ0) is 12.7. The molecule has 1 fully saturated rings. The molecule has 1 aliphatic heterocycles. The Bertz CT molecular complexity index is 614. The van der Waals surface area contributed by atoms with E-state index in [1.165, 1.54) is 0 Å². The zero-order valence-corrected chi connectivity index (χ0v) is 10.4. The monoisotopic (exact) mass is 265 g/mol. The molecule has 1 aromatic carbocycles. The van der Waals surface area contributed by atoms with Crippen molar-refractivity contribution in [1.82, 2.24) is 4.57 Å². The predicted octanol–water partition coefficient (Wildman–Crippen LogP) is 2.95. The number of rotatable bonds is 2. The minimum absolute atomic E-state index is 0.194. The van der Waals surface area contributed by atoms with Gasteiger partial charge in [-0.2, -0.15) is 0 Å². The number of hydrogen-bond acceptors (Lipinski definition) is 2. The maximum absolute atomic E-state index is 11.3. The number of carbonyl (C=O) groups is 1. The van der Waals surface area contributed by atoms with Crippen LogP contribution in [0.4, 0.5) is 0 Å². The molecule has 94 valence electrons. The van der Waals surface area contributed by atoms with Crippen LogP contribution in [0.15, 0.2) is 24.4 Å². The minimum atomic E-state index is -0.953. The molecule has 1 atom stereocenters. The maximum atomic E-state index is 11.3.